The average molecular weight is 428 g/mol. The normalized spacial score (nSPS) is 16.6. The lowest BCUT2D eigenvalue weighted by molar-refractivity contribution is 0.101. The fourth-order valence-electron chi connectivity index (χ4n) is 3.51. The van der Waals surface area contributed by atoms with Gasteiger partial charge in [0.15, 0.2) is 0 Å². The van der Waals surface area contributed by atoms with Gasteiger partial charge in [-0.2, -0.15) is 0 Å². The molecule has 4 rings (SSSR count). The third-order valence-corrected chi connectivity index (χ3v) is 5.34. The molecule has 0 unspecified atom stereocenters. The Balaban J connectivity index is 1.51. The second-order valence-corrected chi connectivity index (χ2v) is 7.61. The van der Waals surface area contributed by atoms with Crippen molar-refractivity contribution in [3.8, 4) is 0 Å². The predicted molar refractivity (Wildman–Crippen MR) is 112 cm³/mol. The number of amides is 1. The summed E-state index contributed by atoms with van der Waals surface area (Å²) in [6, 6.07) is 12.2. The van der Waals surface area contributed by atoms with Crippen molar-refractivity contribution in [3.05, 3.63) is 52.8 Å². The summed E-state index contributed by atoms with van der Waals surface area (Å²) in [6.45, 7) is 4.76. The minimum atomic E-state index is -0.133. The topological polar surface area (TPSA) is 71.0 Å². The Kier molecular flexibility index (Phi) is 5.13. The number of fused-ring (bicyclic) bond motifs is 1. The highest BCUT2D eigenvalue weighted by molar-refractivity contribution is 9.10. The van der Waals surface area contributed by atoms with Crippen LogP contribution in [-0.2, 0) is 6.54 Å². The number of benzene rings is 1. The zero-order chi connectivity index (χ0) is 18.8. The van der Waals surface area contributed by atoms with Crippen LogP contribution in [0.3, 0.4) is 0 Å². The van der Waals surface area contributed by atoms with Crippen LogP contribution < -0.4 is 16.0 Å². The zero-order valence-corrected chi connectivity index (χ0v) is 16.7. The number of anilines is 2. The van der Waals surface area contributed by atoms with E-state index in [0.29, 0.717) is 17.4 Å². The van der Waals surface area contributed by atoms with E-state index < -0.39 is 0 Å². The van der Waals surface area contributed by atoms with Crippen LogP contribution >= 0.6 is 15.9 Å². The molecule has 1 aliphatic rings. The van der Waals surface area contributed by atoms with Crippen LogP contribution in [0.25, 0.3) is 10.9 Å². The third-order valence-electron chi connectivity index (χ3n) is 4.85. The summed E-state index contributed by atoms with van der Waals surface area (Å²) < 4.78 is 3.02. The highest BCUT2D eigenvalue weighted by Gasteiger charge is 2.16. The lowest BCUT2D eigenvalue weighted by atomic mass is 10.2. The van der Waals surface area contributed by atoms with E-state index >= 15 is 0 Å². The van der Waals surface area contributed by atoms with Crippen molar-refractivity contribution in [2.24, 2.45) is 0 Å². The standard InChI is InChI=1S/C20H22BrN5O/c1-2-26-17-5-3-14(21)9-13(17)10-18(26)20(27)25-15-4-6-19(23-12-15)24-16-7-8-22-11-16/h3-6,9-10,12,16,22H,2,7-8,11H2,1H3,(H,23,24)(H,25,27)/t16-/m0/s1. The summed E-state index contributed by atoms with van der Waals surface area (Å²) in [7, 11) is 0. The van der Waals surface area contributed by atoms with Crippen LogP contribution in [0.2, 0.25) is 0 Å². The van der Waals surface area contributed by atoms with Crippen molar-refractivity contribution in [1.82, 2.24) is 14.9 Å². The van der Waals surface area contributed by atoms with Gasteiger partial charge in [-0.3, -0.25) is 4.79 Å². The number of rotatable bonds is 5. The minimum Gasteiger partial charge on any atom is -0.366 e. The summed E-state index contributed by atoms with van der Waals surface area (Å²) in [5.74, 6) is 0.695. The SMILES string of the molecule is CCn1c(C(=O)Nc2ccc(N[C@H]3CCNC3)nc2)cc2cc(Br)ccc21. The molecule has 0 spiro atoms. The quantitative estimate of drug-likeness (QED) is 0.578. The molecular formula is C20H22BrN5O. The van der Waals surface area contributed by atoms with Crippen LogP contribution in [0.4, 0.5) is 11.5 Å². The van der Waals surface area contributed by atoms with E-state index in [1.807, 2.05) is 47.9 Å². The van der Waals surface area contributed by atoms with Crippen molar-refractivity contribution in [2.45, 2.75) is 25.9 Å². The number of nitrogens with one attached hydrogen (secondary N) is 3. The molecule has 1 fully saturated rings. The van der Waals surface area contributed by atoms with Gasteiger partial charge in [0.05, 0.1) is 11.9 Å². The van der Waals surface area contributed by atoms with Gasteiger partial charge in [0, 0.05) is 34.5 Å². The molecular weight excluding hydrogens is 406 g/mol. The molecule has 7 heteroatoms. The first kappa shape index (κ1) is 18.0. The molecule has 140 valence electrons. The molecule has 6 nitrogen and oxygen atoms in total. The van der Waals surface area contributed by atoms with Crippen molar-refractivity contribution in [2.75, 3.05) is 23.7 Å². The van der Waals surface area contributed by atoms with Gasteiger partial charge in [-0.1, -0.05) is 15.9 Å². The molecule has 0 radical (unpaired) electrons. The van der Waals surface area contributed by atoms with Crippen molar-refractivity contribution < 1.29 is 4.79 Å². The maximum atomic E-state index is 12.8. The summed E-state index contributed by atoms with van der Waals surface area (Å²) in [4.78, 5) is 17.2. The number of halogens is 1. The summed E-state index contributed by atoms with van der Waals surface area (Å²) in [6.07, 6.45) is 2.79. The fraction of sp³-hybridized carbons (Fsp3) is 0.300. The molecule has 3 aromatic rings. The molecule has 1 aromatic carbocycles. The van der Waals surface area contributed by atoms with Gasteiger partial charge in [0.2, 0.25) is 0 Å². The fourth-order valence-corrected chi connectivity index (χ4v) is 3.88. The molecule has 27 heavy (non-hydrogen) atoms. The molecule has 1 saturated heterocycles. The van der Waals surface area contributed by atoms with Gasteiger partial charge < -0.3 is 20.5 Å². The van der Waals surface area contributed by atoms with Crippen LogP contribution in [0.1, 0.15) is 23.8 Å². The number of carbonyl (C=O) groups excluding carboxylic acids is 1. The van der Waals surface area contributed by atoms with E-state index in [4.69, 9.17) is 0 Å². The molecule has 2 aromatic heterocycles. The Hall–Kier alpha value is -2.38. The van der Waals surface area contributed by atoms with E-state index in [9.17, 15) is 4.79 Å². The number of aryl methyl sites for hydroxylation is 1. The largest absolute Gasteiger partial charge is 0.366 e. The van der Waals surface area contributed by atoms with E-state index in [1.54, 1.807) is 6.20 Å². The molecule has 3 heterocycles. The van der Waals surface area contributed by atoms with Gasteiger partial charge in [0.25, 0.3) is 5.91 Å². The van der Waals surface area contributed by atoms with Crippen molar-refractivity contribution in [1.29, 1.82) is 0 Å². The zero-order valence-electron chi connectivity index (χ0n) is 15.1. The summed E-state index contributed by atoms with van der Waals surface area (Å²) in [5.41, 5.74) is 2.38. The van der Waals surface area contributed by atoms with Gasteiger partial charge in [-0.15, -0.1) is 0 Å². The van der Waals surface area contributed by atoms with Crippen LogP contribution in [0.15, 0.2) is 47.1 Å². The maximum Gasteiger partial charge on any atom is 0.272 e. The van der Waals surface area contributed by atoms with E-state index in [1.165, 1.54) is 0 Å². The van der Waals surface area contributed by atoms with Gasteiger partial charge >= 0.3 is 0 Å². The Morgan fingerprint density at radius 3 is 2.93 bits per heavy atom. The first-order valence-corrected chi connectivity index (χ1v) is 9.97. The predicted octanol–water partition coefficient (Wildman–Crippen LogP) is 3.84. The van der Waals surface area contributed by atoms with Crippen molar-refractivity contribution in [3.63, 3.8) is 0 Å². The molecule has 1 atom stereocenters. The van der Waals surface area contributed by atoms with Crippen LogP contribution in [-0.4, -0.2) is 34.6 Å². The number of hydrogen-bond donors (Lipinski definition) is 3. The number of pyridine rings is 1. The molecule has 3 N–H and O–H groups in total. The number of nitrogens with zero attached hydrogens (tertiary/aromatic N) is 2. The van der Waals surface area contributed by atoms with Gasteiger partial charge in [-0.05, 0) is 56.3 Å². The minimum absolute atomic E-state index is 0.133. The second-order valence-electron chi connectivity index (χ2n) is 6.70. The van der Waals surface area contributed by atoms with Crippen molar-refractivity contribution >= 4 is 44.2 Å². The molecule has 0 aliphatic carbocycles. The smallest absolute Gasteiger partial charge is 0.272 e. The molecule has 0 saturated carbocycles. The van der Waals surface area contributed by atoms with E-state index in [0.717, 1.165) is 47.2 Å². The van der Waals surface area contributed by atoms with E-state index in [2.05, 4.69) is 36.9 Å². The summed E-state index contributed by atoms with van der Waals surface area (Å²) in [5, 5.41) is 10.7. The first-order chi connectivity index (χ1) is 13.1. The lowest BCUT2D eigenvalue weighted by Crippen LogP contribution is -2.22. The summed E-state index contributed by atoms with van der Waals surface area (Å²) >= 11 is 3.49. The molecule has 1 aliphatic heterocycles. The van der Waals surface area contributed by atoms with Gasteiger partial charge in [0.1, 0.15) is 11.5 Å². The first-order valence-electron chi connectivity index (χ1n) is 9.17. The Labute approximate surface area is 166 Å². The van der Waals surface area contributed by atoms with Crippen LogP contribution in [0.5, 0.6) is 0 Å². The average Bonchev–Trinajstić information content (AvgIpc) is 3.30. The number of carbonyl (C=O) groups is 1. The third kappa shape index (κ3) is 3.84. The highest BCUT2D eigenvalue weighted by Crippen LogP contribution is 2.24. The highest BCUT2D eigenvalue weighted by atomic mass is 79.9. The van der Waals surface area contributed by atoms with E-state index in [-0.39, 0.29) is 5.91 Å². The maximum absolute atomic E-state index is 12.8. The monoisotopic (exact) mass is 427 g/mol. The lowest BCUT2D eigenvalue weighted by Gasteiger charge is -2.13. The van der Waals surface area contributed by atoms with Gasteiger partial charge in [-0.25, -0.2) is 4.98 Å². The Bertz CT molecular complexity index is 960. The number of hydrogen-bond acceptors (Lipinski definition) is 4. The Morgan fingerprint density at radius 2 is 2.22 bits per heavy atom. The second kappa shape index (κ2) is 7.70. The molecule has 1 amide bonds. The Morgan fingerprint density at radius 1 is 1.33 bits per heavy atom. The molecule has 0 bridgehead atoms. The van der Waals surface area contributed by atoms with Crippen LogP contribution in [0, 0.1) is 0 Å². The number of aromatic nitrogens is 2.